The standard InChI is InChI=1S/C20H33N3O2/c1-3-7-18(21)20(25)22(2)14-16-10-12-23(13-11-16)15-19(24)17-8-5-4-6-9-17/h4-6,8-9,16,18-19,24H,3,7,10-15,21H2,1-2H3. The van der Waals surface area contributed by atoms with Crippen LogP contribution in [0.1, 0.15) is 44.3 Å². The van der Waals surface area contributed by atoms with Gasteiger partial charge in [0.15, 0.2) is 0 Å². The summed E-state index contributed by atoms with van der Waals surface area (Å²) in [6.45, 7) is 5.44. The van der Waals surface area contributed by atoms with Crippen molar-refractivity contribution in [1.29, 1.82) is 0 Å². The average molecular weight is 348 g/mol. The summed E-state index contributed by atoms with van der Waals surface area (Å²) in [6, 6.07) is 9.46. The van der Waals surface area contributed by atoms with Gasteiger partial charge in [-0.15, -0.1) is 0 Å². The Bertz CT molecular complexity index is 515. The number of hydrogen-bond donors (Lipinski definition) is 2. The Morgan fingerprint density at radius 2 is 1.96 bits per heavy atom. The number of amides is 1. The molecule has 0 saturated carbocycles. The van der Waals surface area contributed by atoms with Crippen molar-refractivity contribution < 1.29 is 9.90 Å². The second-order valence-electron chi connectivity index (χ2n) is 7.28. The fourth-order valence-corrected chi connectivity index (χ4v) is 3.57. The number of nitrogens with zero attached hydrogens (tertiary/aromatic N) is 2. The van der Waals surface area contributed by atoms with Gasteiger partial charge in [-0.3, -0.25) is 4.79 Å². The first-order chi connectivity index (χ1) is 12.0. The monoisotopic (exact) mass is 347 g/mol. The zero-order valence-corrected chi connectivity index (χ0v) is 15.6. The van der Waals surface area contributed by atoms with E-state index in [0.717, 1.165) is 50.9 Å². The maximum atomic E-state index is 12.2. The number of likely N-dealkylation sites (N-methyl/N-ethyl adjacent to an activating group) is 1. The first-order valence-corrected chi connectivity index (χ1v) is 9.47. The van der Waals surface area contributed by atoms with Crippen LogP contribution in [0.25, 0.3) is 0 Å². The Kier molecular flexibility index (Phi) is 7.88. The molecule has 0 aliphatic carbocycles. The van der Waals surface area contributed by atoms with Crippen LogP contribution in [-0.2, 0) is 4.79 Å². The molecule has 140 valence electrons. The van der Waals surface area contributed by atoms with E-state index in [1.54, 1.807) is 4.90 Å². The molecule has 1 aliphatic heterocycles. The smallest absolute Gasteiger partial charge is 0.239 e. The van der Waals surface area contributed by atoms with Gasteiger partial charge >= 0.3 is 0 Å². The van der Waals surface area contributed by atoms with E-state index in [2.05, 4.69) is 4.90 Å². The van der Waals surface area contributed by atoms with Crippen LogP contribution in [0.3, 0.4) is 0 Å². The summed E-state index contributed by atoms with van der Waals surface area (Å²) in [5.41, 5.74) is 6.91. The van der Waals surface area contributed by atoms with Crippen LogP contribution < -0.4 is 5.73 Å². The lowest BCUT2D eigenvalue weighted by Crippen LogP contribution is -2.45. The van der Waals surface area contributed by atoms with E-state index in [9.17, 15) is 9.90 Å². The van der Waals surface area contributed by atoms with Gasteiger partial charge in [0.1, 0.15) is 0 Å². The van der Waals surface area contributed by atoms with E-state index in [1.165, 1.54) is 0 Å². The first-order valence-electron chi connectivity index (χ1n) is 9.47. The van der Waals surface area contributed by atoms with Crippen molar-refractivity contribution >= 4 is 5.91 Å². The number of carbonyl (C=O) groups is 1. The highest BCUT2D eigenvalue weighted by molar-refractivity contribution is 5.81. The highest BCUT2D eigenvalue weighted by Crippen LogP contribution is 2.21. The van der Waals surface area contributed by atoms with Gasteiger partial charge in [-0.1, -0.05) is 43.7 Å². The van der Waals surface area contributed by atoms with Gasteiger partial charge in [0, 0.05) is 20.1 Å². The van der Waals surface area contributed by atoms with Gasteiger partial charge in [0.05, 0.1) is 12.1 Å². The molecule has 1 aromatic carbocycles. The number of β-amino-alcohol motifs (C(OH)–C–C–N with tert-alkyl or cyclic N) is 1. The largest absolute Gasteiger partial charge is 0.387 e. The fourth-order valence-electron chi connectivity index (χ4n) is 3.57. The lowest BCUT2D eigenvalue weighted by atomic mass is 9.95. The van der Waals surface area contributed by atoms with E-state index in [-0.39, 0.29) is 11.9 Å². The number of carbonyl (C=O) groups excluding carboxylic acids is 1. The van der Waals surface area contributed by atoms with Crippen LogP contribution in [0.5, 0.6) is 0 Å². The van der Waals surface area contributed by atoms with Crippen LogP contribution in [0, 0.1) is 5.92 Å². The number of aliphatic hydroxyl groups is 1. The summed E-state index contributed by atoms with van der Waals surface area (Å²) in [5, 5.41) is 10.4. The molecule has 2 atom stereocenters. The maximum absolute atomic E-state index is 12.2. The van der Waals surface area contributed by atoms with Crippen LogP contribution >= 0.6 is 0 Å². The van der Waals surface area contributed by atoms with Crippen molar-refractivity contribution in [3.05, 3.63) is 35.9 Å². The molecule has 3 N–H and O–H groups in total. The molecule has 5 nitrogen and oxygen atoms in total. The summed E-state index contributed by atoms with van der Waals surface area (Å²) < 4.78 is 0. The summed E-state index contributed by atoms with van der Waals surface area (Å²) in [5.74, 6) is 0.580. The van der Waals surface area contributed by atoms with Crippen molar-refractivity contribution in [2.24, 2.45) is 11.7 Å². The van der Waals surface area contributed by atoms with E-state index >= 15 is 0 Å². The Morgan fingerprint density at radius 1 is 1.32 bits per heavy atom. The quantitative estimate of drug-likeness (QED) is 0.755. The third-order valence-corrected chi connectivity index (χ3v) is 5.15. The third-order valence-electron chi connectivity index (χ3n) is 5.15. The molecule has 5 heteroatoms. The van der Waals surface area contributed by atoms with Crippen LogP contribution in [-0.4, -0.2) is 60.1 Å². The van der Waals surface area contributed by atoms with Crippen LogP contribution in [0.2, 0.25) is 0 Å². The topological polar surface area (TPSA) is 69.8 Å². The maximum Gasteiger partial charge on any atom is 0.239 e. The molecule has 1 heterocycles. The summed E-state index contributed by atoms with van der Waals surface area (Å²) in [7, 11) is 1.86. The first kappa shape index (κ1) is 19.9. The molecule has 1 aromatic rings. The van der Waals surface area contributed by atoms with E-state index in [4.69, 9.17) is 5.73 Å². The molecule has 1 aliphatic rings. The van der Waals surface area contributed by atoms with Crippen molar-refractivity contribution in [2.75, 3.05) is 33.2 Å². The molecule has 0 radical (unpaired) electrons. The summed E-state index contributed by atoms with van der Waals surface area (Å²) in [6.07, 6.45) is 3.36. The number of rotatable bonds is 8. The van der Waals surface area contributed by atoms with Gasteiger partial charge in [0.2, 0.25) is 5.91 Å². The lowest BCUT2D eigenvalue weighted by Gasteiger charge is -2.35. The molecule has 1 fully saturated rings. The van der Waals surface area contributed by atoms with E-state index < -0.39 is 6.10 Å². The van der Waals surface area contributed by atoms with E-state index in [0.29, 0.717) is 12.5 Å². The van der Waals surface area contributed by atoms with Gasteiger partial charge < -0.3 is 20.6 Å². The number of hydrogen-bond acceptors (Lipinski definition) is 4. The Morgan fingerprint density at radius 3 is 2.56 bits per heavy atom. The molecule has 2 rings (SSSR count). The third kappa shape index (κ3) is 6.10. The second kappa shape index (κ2) is 9.90. The number of piperidine rings is 1. The minimum absolute atomic E-state index is 0.0591. The van der Waals surface area contributed by atoms with Gasteiger partial charge in [-0.05, 0) is 43.8 Å². The van der Waals surface area contributed by atoms with Crippen molar-refractivity contribution in [3.8, 4) is 0 Å². The minimum Gasteiger partial charge on any atom is -0.387 e. The van der Waals surface area contributed by atoms with Crippen molar-refractivity contribution in [2.45, 2.75) is 44.8 Å². The zero-order valence-electron chi connectivity index (χ0n) is 15.6. The predicted octanol–water partition coefficient (Wildman–Crippen LogP) is 2.02. The molecule has 25 heavy (non-hydrogen) atoms. The highest BCUT2D eigenvalue weighted by Gasteiger charge is 2.25. The molecule has 1 saturated heterocycles. The lowest BCUT2D eigenvalue weighted by molar-refractivity contribution is -0.132. The average Bonchev–Trinajstić information content (AvgIpc) is 2.63. The zero-order chi connectivity index (χ0) is 18.2. The molecule has 0 spiro atoms. The van der Waals surface area contributed by atoms with Crippen molar-refractivity contribution in [1.82, 2.24) is 9.80 Å². The van der Waals surface area contributed by atoms with Crippen LogP contribution in [0.4, 0.5) is 0 Å². The summed E-state index contributed by atoms with van der Waals surface area (Å²) >= 11 is 0. The normalized spacial score (nSPS) is 18.7. The Balaban J connectivity index is 1.73. The van der Waals surface area contributed by atoms with E-state index in [1.807, 2.05) is 44.3 Å². The predicted molar refractivity (Wildman–Crippen MR) is 101 cm³/mol. The van der Waals surface area contributed by atoms with Crippen molar-refractivity contribution in [3.63, 3.8) is 0 Å². The summed E-state index contributed by atoms with van der Waals surface area (Å²) in [4.78, 5) is 16.4. The van der Waals surface area contributed by atoms with Gasteiger partial charge in [-0.2, -0.15) is 0 Å². The highest BCUT2D eigenvalue weighted by atomic mass is 16.3. The SMILES string of the molecule is CCCC(N)C(=O)N(C)CC1CCN(CC(O)c2ccccc2)CC1. The number of aliphatic hydroxyl groups excluding tert-OH is 1. The fraction of sp³-hybridized carbons (Fsp3) is 0.650. The Hall–Kier alpha value is -1.43. The molecular weight excluding hydrogens is 314 g/mol. The second-order valence-corrected chi connectivity index (χ2v) is 7.28. The minimum atomic E-state index is -0.436. The number of likely N-dealkylation sites (tertiary alicyclic amines) is 1. The van der Waals surface area contributed by atoms with Crippen LogP contribution in [0.15, 0.2) is 30.3 Å². The van der Waals surface area contributed by atoms with Gasteiger partial charge in [0.25, 0.3) is 0 Å². The number of benzene rings is 1. The molecule has 1 amide bonds. The molecule has 0 bridgehead atoms. The molecule has 2 unspecified atom stereocenters. The van der Waals surface area contributed by atoms with Gasteiger partial charge in [-0.25, -0.2) is 0 Å². The number of nitrogens with two attached hydrogens (primary N) is 1. The molecule has 0 aromatic heterocycles. The molecular formula is C20H33N3O2. The Labute approximate surface area is 151 Å².